The molecule has 1 aliphatic heterocycles. The number of esters is 1. The van der Waals surface area contributed by atoms with Gasteiger partial charge in [-0.05, 0) is 43.2 Å². The van der Waals surface area contributed by atoms with Crippen LogP contribution in [0.15, 0.2) is 78.0 Å². The van der Waals surface area contributed by atoms with E-state index in [0.29, 0.717) is 23.4 Å². The van der Waals surface area contributed by atoms with Crippen molar-refractivity contribution < 1.29 is 19.4 Å². The molecular formula is C26H26N2O4. The first-order chi connectivity index (χ1) is 15.4. The van der Waals surface area contributed by atoms with Crippen LogP contribution in [-0.2, 0) is 16.1 Å². The molecule has 1 unspecified atom stereocenters. The van der Waals surface area contributed by atoms with Crippen LogP contribution >= 0.6 is 0 Å². The molecule has 32 heavy (non-hydrogen) atoms. The van der Waals surface area contributed by atoms with Crippen molar-refractivity contribution in [3.63, 3.8) is 0 Å². The second-order valence-corrected chi connectivity index (χ2v) is 8.13. The number of aromatic hydroxyl groups is 1. The van der Waals surface area contributed by atoms with Crippen LogP contribution in [0.25, 0.3) is 10.8 Å². The van der Waals surface area contributed by atoms with Crippen LogP contribution in [0.2, 0.25) is 0 Å². The fourth-order valence-electron chi connectivity index (χ4n) is 4.08. The summed E-state index contributed by atoms with van der Waals surface area (Å²) in [5, 5.41) is 15.4. The smallest absolute Gasteiger partial charge is 0.338 e. The normalized spacial score (nSPS) is 16.4. The summed E-state index contributed by atoms with van der Waals surface area (Å²) in [4.78, 5) is 27.9. The van der Waals surface area contributed by atoms with Crippen LogP contribution in [0.3, 0.4) is 0 Å². The van der Waals surface area contributed by atoms with E-state index in [-0.39, 0.29) is 17.9 Å². The Morgan fingerprint density at radius 1 is 1.06 bits per heavy atom. The first kappa shape index (κ1) is 21.4. The largest absolute Gasteiger partial charge is 0.508 e. The van der Waals surface area contributed by atoms with Gasteiger partial charge in [-0.1, -0.05) is 60.7 Å². The maximum absolute atomic E-state index is 13.2. The van der Waals surface area contributed by atoms with E-state index in [2.05, 4.69) is 5.32 Å². The van der Waals surface area contributed by atoms with Crippen molar-refractivity contribution in [2.45, 2.75) is 39.5 Å². The summed E-state index contributed by atoms with van der Waals surface area (Å²) in [6.45, 7) is 5.61. The van der Waals surface area contributed by atoms with E-state index in [4.69, 9.17) is 4.74 Å². The number of urea groups is 1. The van der Waals surface area contributed by atoms with E-state index in [1.807, 2.05) is 60.7 Å². The zero-order chi connectivity index (χ0) is 22.8. The average molecular weight is 431 g/mol. The fourth-order valence-corrected chi connectivity index (χ4v) is 4.08. The third-order valence-electron chi connectivity index (χ3n) is 5.58. The van der Waals surface area contributed by atoms with Crippen molar-refractivity contribution in [3.8, 4) is 5.75 Å². The summed E-state index contributed by atoms with van der Waals surface area (Å²) in [5.74, 6) is -0.513. The molecule has 164 valence electrons. The minimum atomic E-state index is -0.841. The second kappa shape index (κ2) is 8.75. The SMILES string of the molecule is CC1=C(C(=O)OC(C)C)C(c2c(O)ccc3ccccc23)NC(=O)N1Cc1ccccc1. The first-order valence-corrected chi connectivity index (χ1v) is 10.6. The number of carbonyl (C=O) groups is 2. The van der Waals surface area contributed by atoms with E-state index < -0.39 is 12.0 Å². The van der Waals surface area contributed by atoms with Gasteiger partial charge in [-0.3, -0.25) is 4.90 Å². The van der Waals surface area contributed by atoms with E-state index >= 15 is 0 Å². The number of fused-ring (bicyclic) bond motifs is 1. The van der Waals surface area contributed by atoms with Crippen molar-refractivity contribution in [1.82, 2.24) is 10.2 Å². The molecule has 0 saturated heterocycles. The lowest BCUT2D eigenvalue weighted by molar-refractivity contribution is -0.143. The summed E-state index contributed by atoms with van der Waals surface area (Å²) >= 11 is 0. The molecule has 6 heteroatoms. The first-order valence-electron chi connectivity index (χ1n) is 10.6. The molecule has 2 amide bonds. The third kappa shape index (κ3) is 4.04. The van der Waals surface area contributed by atoms with Crippen molar-refractivity contribution in [1.29, 1.82) is 0 Å². The lowest BCUT2D eigenvalue weighted by Crippen LogP contribution is -2.47. The Morgan fingerprint density at radius 2 is 1.75 bits per heavy atom. The van der Waals surface area contributed by atoms with Crippen LogP contribution in [0.4, 0.5) is 4.79 Å². The van der Waals surface area contributed by atoms with Gasteiger partial charge in [0.25, 0.3) is 0 Å². The van der Waals surface area contributed by atoms with Crippen molar-refractivity contribution in [2.24, 2.45) is 0 Å². The van der Waals surface area contributed by atoms with Crippen LogP contribution in [0, 0.1) is 0 Å². The number of allylic oxidation sites excluding steroid dienone is 1. The molecule has 3 aromatic rings. The lowest BCUT2D eigenvalue weighted by Gasteiger charge is -2.36. The number of phenolic OH excluding ortho intramolecular Hbond substituents is 1. The van der Waals surface area contributed by atoms with Gasteiger partial charge >= 0.3 is 12.0 Å². The number of hydrogen-bond acceptors (Lipinski definition) is 4. The Hall–Kier alpha value is -3.80. The van der Waals surface area contributed by atoms with Gasteiger partial charge in [0.15, 0.2) is 0 Å². The molecule has 1 heterocycles. The van der Waals surface area contributed by atoms with Gasteiger partial charge in [-0.15, -0.1) is 0 Å². The van der Waals surface area contributed by atoms with E-state index in [9.17, 15) is 14.7 Å². The van der Waals surface area contributed by atoms with Crippen LogP contribution in [-0.4, -0.2) is 28.1 Å². The number of nitrogens with zero attached hydrogens (tertiary/aromatic N) is 1. The van der Waals surface area contributed by atoms with Gasteiger partial charge in [0.1, 0.15) is 5.75 Å². The van der Waals surface area contributed by atoms with E-state index in [1.54, 1.807) is 26.8 Å². The number of carbonyl (C=O) groups excluding carboxylic acids is 2. The minimum absolute atomic E-state index is 0.00755. The molecule has 2 N–H and O–H groups in total. The average Bonchev–Trinajstić information content (AvgIpc) is 2.76. The topological polar surface area (TPSA) is 78.9 Å². The third-order valence-corrected chi connectivity index (χ3v) is 5.58. The van der Waals surface area contributed by atoms with Gasteiger partial charge in [0.05, 0.1) is 24.3 Å². The standard InChI is InChI=1S/C26H26N2O4/c1-16(2)32-25(30)22-17(3)28(15-18-9-5-4-6-10-18)26(31)27-24(22)23-20-12-8-7-11-19(20)13-14-21(23)29/h4-14,16,24,29H,15H2,1-3H3,(H,27,31). The summed E-state index contributed by atoms with van der Waals surface area (Å²) in [7, 11) is 0. The van der Waals surface area contributed by atoms with Crippen molar-refractivity contribution in [2.75, 3.05) is 0 Å². The summed E-state index contributed by atoms with van der Waals surface area (Å²) < 4.78 is 5.54. The van der Waals surface area contributed by atoms with Gasteiger partial charge in [0.2, 0.25) is 0 Å². The van der Waals surface area contributed by atoms with E-state index in [0.717, 1.165) is 16.3 Å². The molecule has 0 aromatic heterocycles. The zero-order valence-electron chi connectivity index (χ0n) is 18.3. The Bertz CT molecular complexity index is 1200. The molecule has 3 aromatic carbocycles. The summed E-state index contributed by atoms with van der Waals surface area (Å²) in [5.41, 5.74) is 2.22. The molecule has 0 bridgehead atoms. The van der Waals surface area contributed by atoms with Gasteiger partial charge in [0, 0.05) is 11.3 Å². The molecule has 0 aliphatic carbocycles. The van der Waals surface area contributed by atoms with Gasteiger partial charge < -0.3 is 15.2 Å². The highest BCUT2D eigenvalue weighted by Gasteiger charge is 2.38. The second-order valence-electron chi connectivity index (χ2n) is 8.13. The van der Waals surface area contributed by atoms with Crippen LogP contribution in [0.1, 0.15) is 37.9 Å². The molecule has 0 spiro atoms. The predicted octanol–water partition coefficient (Wildman–Crippen LogP) is 5.04. The minimum Gasteiger partial charge on any atom is -0.508 e. The molecule has 1 atom stereocenters. The molecule has 0 fully saturated rings. The number of phenols is 1. The summed E-state index contributed by atoms with van der Waals surface area (Å²) in [6, 6.07) is 19.3. The number of hydrogen-bond donors (Lipinski definition) is 2. The number of benzene rings is 3. The lowest BCUT2D eigenvalue weighted by atomic mass is 9.90. The highest BCUT2D eigenvalue weighted by molar-refractivity contribution is 5.98. The summed E-state index contributed by atoms with van der Waals surface area (Å²) in [6.07, 6.45) is -0.329. The molecule has 0 saturated carbocycles. The number of rotatable bonds is 5. The highest BCUT2D eigenvalue weighted by atomic mass is 16.5. The quantitative estimate of drug-likeness (QED) is 0.556. The zero-order valence-corrected chi connectivity index (χ0v) is 18.3. The number of amides is 2. The maximum Gasteiger partial charge on any atom is 0.338 e. The molecule has 6 nitrogen and oxygen atoms in total. The molecule has 1 aliphatic rings. The van der Waals surface area contributed by atoms with E-state index in [1.165, 1.54) is 4.90 Å². The Morgan fingerprint density at radius 3 is 2.47 bits per heavy atom. The Labute approximate surface area is 187 Å². The number of nitrogens with one attached hydrogen (secondary N) is 1. The predicted molar refractivity (Wildman–Crippen MR) is 123 cm³/mol. The maximum atomic E-state index is 13.2. The van der Waals surface area contributed by atoms with Crippen LogP contribution in [0.5, 0.6) is 5.75 Å². The molecule has 4 rings (SSSR count). The Balaban J connectivity index is 1.87. The monoisotopic (exact) mass is 430 g/mol. The van der Waals surface area contributed by atoms with Gasteiger partial charge in [-0.2, -0.15) is 0 Å². The Kier molecular flexibility index (Phi) is 5.86. The van der Waals surface area contributed by atoms with Crippen molar-refractivity contribution in [3.05, 3.63) is 89.1 Å². The van der Waals surface area contributed by atoms with Crippen LogP contribution < -0.4 is 5.32 Å². The van der Waals surface area contributed by atoms with Gasteiger partial charge in [-0.25, -0.2) is 9.59 Å². The highest BCUT2D eigenvalue weighted by Crippen LogP contribution is 2.40. The molecule has 0 radical (unpaired) electrons. The fraction of sp³-hybridized carbons (Fsp3) is 0.231. The molecular weight excluding hydrogens is 404 g/mol. The number of ether oxygens (including phenoxy) is 1. The van der Waals surface area contributed by atoms with Crippen molar-refractivity contribution >= 4 is 22.8 Å².